The molecule has 34 heavy (non-hydrogen) atoms. The summed E-state index contributed by atoms with van der Waals surface area (Å²) in [5.41, 5.74) is 10.8. The van der Waals surface area contributed by atoms with Crippen LogP contribution in [0.1, 0.15) is 53.2 Å². The van der Waals surface area contributed by atoms with Crippen molar-refractivity contribution in [2.24, 2.45) is 7.05 Å². The number of benzene rings is 1. The lowest BCUT2D eigenvalue weighted by molar-refractivity contribution is 0.151. The quantitative estimate of drug-likeness (QED) is 0.384. The molecule has 1 aromatic carbocycles. The summed E-state index contributed by atoms with van der Waals surface area (Å²) < 4.78 is 49.6. The van der Waals surface area contributed by atoms with Crippen LogP contribution >= 0.6 is 11.3 Å². The Morgan fingerprint density at radius 1 is 1.29 bits per heavy atom. The zero-order valence-electron chi connectivity index (χ0n) is 18.8. The molecule has 0 saturated heterocycles. The summed E-state index contributed by atoms with van der Waals surface area (Å²) in [7, 11) is 1.83. The number of alkyl halides is 2. The monoisotopic (exact) mass is 485 g/mol. The highest BCUT2D eigenvalue weighted by molar-refractivity contribution is 7.12. The summed E-state index contributed by atoms with van der Waals surface area (Å²) >= 11 is 0.957. The Labute approximate surface area is 198 Å². The van der Waals surface area contributed by atoms with Gasteiger partial charge in [-0.25, -0.2) is 23.1 Å². The van der Waals surface area contributed by atoms with E-state index in [0.29, 0.717) is 40.3 Å². The minimum Gasteiger partial charge on any atom is -0.482 e. The average molecular weight is 486 g/mol. The first-order valence-electron chi connectivity index (χ1n) is 10.8. The maximum absolute atomic E-state index is 14.3. The van der Waals surface area contributed by atoms with Gasteiger partial charge in [-0.15, -0.1) is 11.3 Å². The smallest absolute Gasteiger partial charge is 0.289 e. The van der Waals surface area contributed by atoms with Gasteiger partial charge < -0.3 is 10.5 Å². The van der Waals surface area contributed by atoms with Crippen molar-refractivity contribution in [1.29, 1.82) is 0 Å². The van der Waals surface area contributed by atoms with Gasteiger partial charge in [0, 0.05) is 46.8 Å². The lowest BCUT2D eigenvalue weighted by atomic mass is 9.96. The SMILES string of the molecule is CCc1nn(C)c2c1-c1cnc(N)c(c1)OC(C)c1cc(F)ccc1-c1nc(C(F)F)sc1C2. The van der Waals surface area contributed by atoms with E-state index in [-0.39, 0.29) is 10.8 Å². The number of nitrogen functional groups attached to an aromatic ring is 1. The molecule has 6 nitrogen and oxygen atoms in total. The second kappa shape index (κ2) is 8.43. The van der Waals surface area contributed by atoms with E-state index in [1.165, 1.54) is 12.1 Å². The highest BCUT2D eigenvalue weighted by Gasteiger charge is 2.27. The van der Waals surface area contributed by atoms with Gasteiger partial charge in [0.15, 0.2) is 16.6 Å². The molecule has 0 aliphatic carbocycles. The molecule has 0 amide bonds. The van der Waals surface area contributed by atoms with Crippen LogP contribution in [0.3, 0.4) is 0 Å². The molecule has 2 N–H and O–H groups in total. The fourth-order valence-electron chi connectivity index (χ4n) is 4.37. The molecule has 0 fully saturated rings. The van der Waals surface area contributed by atoms with Gasteiger partial charge in [-0.3, -0.25) is 4.68 Å². The van der Waals surface area contributed by atoms with E-state index in [0.717, 1.165) is 33.9 Å². The maximum atomic E-state index is 14.3. The van der Waals surface area contributed by atoms with Crippen LogP contribution in [0.5, 0.6) is 5.75 Å². The number of nitrogens with zero attached hydrogens (tertiary/aromatic N) is 4. The number of anilines is 1. The largest absolute Gasteiger partial charge is 0.482 e. The van der Waals surface area contributed by atoms with Crippen molar-refractivity contribution in [1.82, 2.24) is 19.7 Å². The molecule has 2 bridgehead atoms. The molecule has 4 heterocycles. The summed E-state index contributed by atoms with van der Waals surface area (Å²) in [6, 6.07) is 6.00. The first-order valence-corrected chi connectivity index (χ1v) is 11.6. The summed E-state index contributed by atoms with van der Waals surface area (Å²) in [4.78, 5) is 9.25. The Bertz CT molecular complexity index is 1400. The predicted molar refractivity (Wildman–Crippen MR) is 125 cm³/mol. The van der Waals surface area contributed by atoms with Crippen LogP contribution in [0.25, 0.3) is 22.4 Å². The fraction of sp³-hybridized carbons (Fsp3) is 0.292. The molecule has 10 heteroatoms. The highest BCUT2D eigenvalue weighted by Crippen LogP contribution is 2.42. The Morgan fingerprint density at radius 2 is 2.09 bits per heavy atom. The maximum Gasteiger partial charge on any atom is 0.289 e. The Balaban J connectivity index is 1.84. The van der Waals surface area contributed by atoms with E-state index in [2.05, 4.69) is 15.1 Å². The number of thiazole rings is 1. The molecular formula is C24H22F3N5OS. The van der Waals surface area contributed by atoms with Gasteiger partial charge in [-0.2, -0.15) is 5.10 Å². The molecule has 1 atom stereocenters. The van der Waals surface area contributed by atoms with Gasteiger partial charge in [-0.05, 0) is 37.6 Å². The van der Waals surface area contributed by atoms with Gasteiger partial charge >= 0.3 is 0 Å². The number of hydrogen-bond acceptors (Lipinski definition) is 6. The van der Waals surface area contributed by atoms with Gasteiger partial charge in [0.1, 0.15) is 11.9 Å². The van der Waals surface area contributed by atoms with Crippen LogP contribution in [0, 0.1) is 5.82 Å². The molecule has 1 aliphatic heterocycles. The minimum absolute atomic E-state index is 0.198. The number of hydrogen-bond donors (Lipinski definition) is 1. The van der Waals surface area contributed by atoms with E-state index >= 15 is 0 Å². The molecule has 0 spiro atoms. The Morgan fingerprint density at radius 3 is 2.82 bits per heavy atom. The number of ether oxygens (including phenoxy) is 1. The fourth-order valence-corrected chi connectivity index (χ4v) is 5.31. The first kappa shape index (κ1) is 22.4. The zero-order valence-corrected chi connectivity index (χ0v) is 19.6. The molecular weight excluding hydrogens is 463 g/mol. The van der Waals surface area contributed by atoms with Crippen LogP contribution in [0.2, 0.25) is 0 Å². The number of rotatable bonds is 2. The average Bonchev–Trinajstić information content (AvgIpc) is 3.36. The standard InChI is InChI=1S/C24H22F3N5OS/c1-4-16-20-12-7-18(23(28)29-10-12)33-11(2)15-8-13(25)5-6-14(15)21-19(9-17(20)32(3)31-16)34-24(30-21)22(26)27/h5-8,10-11,22H,4,9H2,1-3H3,(H2,28,29). The van der Waals surface area contributed by atoms with Gasteiger partial charge in [0.05, 0.1) is 17.1 Å². The number of aromatic nitrogens is 4. The molecule has 3 aromatic heterocycles. The summed E-state index contributed by atoms with van der Waals surface area (Å²) in [5, 5.41) is 4.38. The second-order valence-corrected chi connectivity index (χ2v) is 9.26. The van der Waals surface area contributed by atoms with Crippen LogP contribution in [-0.4, -0.2) is 19.7 Å². The number of halogens is 3. The van der Waals surface area contributed by atoms with Gasteiger partial charge in [0.25, 0.3) is 6.43 Å². The number of fused-ring (bicyclic) bond motifs is 7. The number of pyridine rings is 1. The van der Waals surface area contributed by atoms with E-state index in [1.54, 1.807) is 29.9 Å². The minimum atomic E-state index is -2.72. The topological polar surface area (TPSA) is 78.9 Å². The lowest BCUT2D eigenvalue weighted by Gasteiger charge is -2.21. The van der Waals surface area contributed by atoms with Crippen molar-refractivity contribution >= 4 is 17.2 Å². The van der Waals surface area contributed by atoms with Crippen molar-refractivity contribution in [2.45, 2.75) is 39.2 Å². The Hall–Kier alpha value is -3.40. The molecule has 176 valence electrons. The number of aryl methyl sites for hydroxylation is 2. The second-order valence-electron chi connectivity index (χ2n) is 8.15. The highest BCUT2D eigenvalue weighted by atomic mass is 32.1. The molecule has 0 saturated carbocycles. The summed E-state index contributed by atoms with van der Waals surface area (Å²) in [6.45, 7) is 3.75. The van der Waals surface area contributed by atoms with Crippen molar-refractivity contribution < 1.29 is 17.9 Å². The van der Waals surface area contributed by atoms with Crippen molar-refractivity contribution in [3.63, 3.8) is 0 Å². The zero-order chi connectivity index (χ0) is 24.1. The van der Waals surface area contributed by atoms with E-state index < -0.39 is 18.3 Å². The predicted octanol–water partition coefficient (Wildman–Crippen LogP) is 5.87. The third-order valence-electron chi connectivity index (χ3n) is 5.98. The summed E-state index contributed by atoms with van der Waals surface area (Å²) in [6.07, 6.45) is -0.718. The molecule has 4 aromatic rings. The summed E-state index contributed by atoms with van der Waals surface area (Å²) in [5.74, 6) is 0.0846. The molecule has 0 radical (unpaired) electrons. The molecule has 1 aliphatic rings. The third-order valence-corrected chi connectivity index (χ3v) is 7.05. The van der Waals surface area contributed by atoms with Crippen LogP contribution in [0.15, 0.2) is 30.5 Å². The lowest BCUT2D eigenvalue weighted by Crippen LogP contribution is -2.09. The van der Waals surface area contributed by atoms with Crippen LogP contribution in [0.4, 0.5) is 19.0 Å². The Kier molecular flexibility index (Phi) is 5.55. The molecule has 5 rings (SSSR count). The van der Waals surface area contributed by atoms with Gasteiger partial charge in [0.2, 0.25) is 0 Å². The third kappa shape index (κ3) is 3.71. The number of nitrogens with two attached hydrogens (primary N) is 1. The van der Waals surface area contributed by atoms with Gasteiger partial charge in [-0.1, -0.05) is 6.92 Å². The van der Waals surface area contributed by atoms with Crippen LogP contribution < -0.4 is 10.5 Å². The van der Waals surface area contributed by atoms with Crippen LogP contribution in [-0.2, 0) is 19.9 Å². The van der Waals surface area contributed by atoms with Crippen molar-refractivity contribution in [2.75, 3.05) is 5.73 Å². The van der Waals surface area contributed by atoms with E-state index in [9.17, 15) is 13.2 Å². The normalized spacial score (nSPS) is 15.1. The first-order chi connectivity index (χ1) is 16.3. The molecule has 1 unspecified atom stereocenters. The van der Waals surface area contributed by atoms with E-state index in [4.69, 9.17) is 10.5 Å². The van der Waals surface area contributed by atoms with Crippen molar-refractivity contribution in [3.8, 4) is 28.1 Å². The van der Waals surface area contributed by atoms with Crippen molar-refractivity contribution in [3.05, 3.63) is 63.1 Å². The van der Waals surface area contributed by atoms with E-state index in [1.807, 2.05) is 14.0 Å².